The quantitative estimate of drug-likeness (QED) is 0.580. The molecule has 0 aliphatic carbocycles. The molecule has 0 bridgehead atoms. The fourth-order valence-electron chi connectivity index (χ4n) is 0.818. The second kappa shape index (κ2) is 3.89. The van der Waals surface area contributed by atoms with Gasteiger partial charge < -0.3 is 0 Å². The highest BCUT2D eigenvalue weighted by Crippen LogP contribution is 2.00. The van der Waals surface area contributed by atoms with Crippen LogP contribution in [0.2, 0.25) is 0 Å². The average molecular weight is 132 g/mol. The van der Waals surface area contributed by atoms with Crippen molar-refractivity contribution in [1.82, 2.24) is 0 Å². The summed E-state index contributed by atoms with van der Waals surface area (Å²) in [5, 5.41) is 0. The second-order valence-corrected chi connectivity index (χ2v) is 2.22. The molecule has 0 heteroatoms. The highest BCUT2D eigenvalue weighted by molar-refractivity contribution is 5.48. The van der Waals surface area contributed by atoms with Crippen LogP contribution < -0.4 is 0 Å². The van der Waals surface area contributed by atoms with E-state index in [1.54, 1.807) is 0 Å². The van der Waals surface area contributed by atoms with E-state index in [2.05, 4.69) is 43.3 Å². The summed E-state index contributed by atoms with van der Waals surface area (Å²) < 4.78 is 0. The van der Waals surface area contributed by atoms with Crippen LogP contribution in [0.25, 0.3) is 6.08 Å². The van der Waals surface area contributed by atoms with Gasteiger partial charge in [-0.15, -0.1) is 0 Å². The molecule has 0 spiro atoms. The molecular weight excluding hydrogens is 120 g/mol. The monoisotopic (exact) mass is 132 g/mol. The Morgan fingerprint density at radius 1 is 1.20 bits per heavy atom. The van der Waals surface area contributed by atoms with Crippen LogP contribution in [0.3, 0.4) is 0 Å². The van der Waals surface area contributed by atoms with Crippen LogP contribution in [0.4, 0.5) is 0 Å². The Balaban J connectivity index is 2.67. The number of benzene rings is 1. The first-order valence-corrected chi connectivity index (χ1v) is 3.65. The van der Waals surface area contributed by atoms with Gasteiger partial charge in [-0.2, -0.15) is 0 Å². The van der Waals surface area contributed by atoms with Crippen molar-refractivity contribution in [2.45, 2.75) is 13.3 Å². The van der Waals surface area contributed by atoms with Crippen molar-refractivity contribution in [3.63, 3.8) is 0 Å². The summed E-state index contributed by atoms with van der Waals surface area (Å²) in [6.45, 7) is 2.14. The van der Waals surface area contributed by atoms with Crippen LogP contribution >= 0.6 is 0 Å². The summed E-state index contributed by atoms with van der Waals surface area (Å²) >= 11 is 0. The molecule has 0 amide bonds. The first-order chi connectivity index (χ1) is 4.93. The van der Waals surface area contributed by atoms with Gasteiger partial charge in [-0.3, -0.25) is 0 Å². The Labute approximate surface area is 62.2 Å². The van der Waals surface area contributed by atoms with Crippen molar-refractivity contribution in [3.05, 3.63) is 42.0 Å². The van der Waals surface area contributed by atoms with Crippen LogP contribution in [0.1, 0.15) is 18.9 Å². The molecular formula is C10H12. The van der Waals surface area contributed by atoms with Crippen molar-refractivity contribution in [2.75, 3.05) is 0 Å². The summed E-state index contributed by atoms with van der Waals surface area (Å²) in [7, 11) is 0. The van der Waals surface area contributed by atoms with Crippen molar-refractivity contribution in [3.8, 4) is 0 Å². The Morgan fingerprint density at radius 2 is 1.90 bits per heavy atom. The van der Waals surface area contributed by atoms with E-state index in [-0.39, 0.29) is 0 Å². The molecule has 0 aliphatic heterocycles. The number of rotatable bonds is 2. The molecule has 52 valence electrons. The Kier molecular flexibility index (Phi) is 2.75. The molecule has 1 aromatic rings. The summed E-state index contributed by atoms with van der Waals surface area (Å²) in [4.78, 5) is 0. The fourth-order valence-corrected chi connectivity index (χ4v) is 0.818. The molecule has 1 rings (SSSR count). The van der Waals surface area contributed by atoms with Crippen LogP contribution in [0.15, 0.2) is 36.4 Å². The fraction of sp³-hybridized carbons (Fsp3) is 0.200. The first kappa shape index (κ1) is 7.07. The molecule has 10 heavy (non-hydrogen) atoms. The molecule has 0 fully saturated rings. The third-order valence-corrected chi connectivity index (χ3v) is 1.35. The summed E-state index contributed by atoms with van der Waals surface area (Å²) in [5.41, 5.74) is 1.28. The van der Waals surface area contributed by atoms with E-state index in [9.17, 15) is 0 Å². The topological polar surface area (TPSA) is 0 Å². The normalized spacial score (nSPS) is 10.5. The zero-order valence-corrected chi connectivity index (χ0v) is 6.25. The molecule has 0 aliphatic rings. The van der Waals surface area contributed by atoms with Gasteiger partial charge in [-0.1, -0.05) is 49.4 Å². The number of hydrogen-bond acceptors (Lipinski definition) is 0. The van der Waals surface area contributed by atoms with Gasteiger partial charge in [0.2, 0.25) is 0 Å². The first-order valence-electron chi connectivity index (χ1n) is 3.65. The van der Waals surface area contributed by atoms with Gasteiger partial charge in [-0.05, 0) is 12.0 Å². The molecule has 0 radical (unpaired) electrons. The summed E-state index contributed by atoms with van der Waals surface area (Å²) in [6, 6.07) is 10.3. The van der Waals surface area contributed by atoms with Crippen molar-refractivity contribution in [2.24, 2.45) is 0 Å². The minimum atomic E-state index is 1.11. The van der Waals surface area contributed by atoms with Crippen LogP contribution in [0.5, 0.6) is 0 Å². The van der Waals surface area contributed by atoms with E-state index in [0.717, 1.165) is 6.42 Å². The third kappa shape index (κ3) is 2.06. The van der Waals surface area contributed by atoms with Crippen LogP contribution in [-0.4, -0.2) is 0 Å². The third-order valence-electron chi connectivity index (χ3n) is 1.35. The minimum Gasteiger partial charge on any atom is -0.0842 e. The highest BCUT2D eigenvalue weighted by Gasteiger charge is 1.78. The van der Waals surface area contributed by atoms with E-state index in [1.807, 2.05) is 6.07 Å². The molecule has 0 atom stereocenters. The Morgan fingerprint density at radius 3 is 2.50 bits per heavy atom. The van der Waals surface area contributed by atoms with E-state index < -0.39 is 0 Å². The summed E-state index contributed by atoms with van der Waals surface area (Å²) in [5.74, 6) is 0. The van der Waals surface area contributed by atoms with Crippen molar-refractivity contribution in [1.29, 1.82) is 0 Å². The highest BCUT2D eigenvalue weighted by atomic mass is 13.8. The van der Waals surface area contributed by atoms with Gasteiger partial charge in [0, 0.05) is 0 Å². The molecule has 0 saturated heterocycles. The lowest BCUT2D eigenvalue weighted by Gasteiger charge is -1.88. The van der Waals surface area contributed by atoms with Gasteiger partial charge in [0.05, 0.1) is 0 Å². The van der Waals surface area contributed by atoms with Gasteiger partial charge in [-0.25, -0.2) is 0 Å². The largest absolute Gasteiger partial charge is 0.0842 e. The zero-order valence-electron chi connectivity index (χ0n) is 6.25. The van der Waals surface area contributed by atoms with Crippen molar-refractivity contribution >= 4 is 6.08 Å². The molecule has 0 heterocycles. The maximum atomic E-state index is 2.16. The number of allylic oxidation sites excluding steroid dienone is 1. The van der Waals surface area contributed by atoms with E-state index >= 15 is 0 Å². The van der Waals surface area contributed by atoms with Gasteiger partial charge in [0.25, 0.3) is 0 Å². The van der Waals surface area contributed by atoms with Crippen LogP contribution in [-0.2, 0) is 0 Å². The van der Waals surface area contributed by atoms with Crippen molar-refractivity contribution < 1.29 is 0 Å². The lowest BCUT2D eigenvalue weighted by atomic mass is 10.2. The molecule has 0 saturated carbocycles. The predicted molar refractivity (Wildman–Crippen MR) is 45.8 cm³/mol. The van der Waals surface area contributed by atoms with Gasteiger partial charge in [0.15, 0.2) is 0 Å². The lowest BCUT2D eigenvalue weighted by molar-refractivity contribution is 1.23. The van der Waals surface area contributed by atoms with E-state index in [1.165, 1.54) is 5.56 Å². The molecule has 0 N–H and O–H groups in total. The standard InChI is InChI=1S/C10H12/c1-2-3-7-10-8-5-4-6-9-10/h3-9H,2H2,1H3/b7-3-. The predicted octanol–water partition coefficient (Wildman–Crippen LogP) is 3.11. The number of hydrogen-bond donors (Lipinski definition) is 0. The maximum Gasteiger partial charge on any atom is -0.0260 e. The second-order valence-electron chi connectivity index (χ2n) is 2.22. The lowest BCUT2D eigenvalue weighted by Crippen LogP contribution is -1.66. The van der Waals surface area contributed by atoms with E-state index in [4.69, 9.17) is 0 Å². The van der Waals surface area contributed by atoms with Gasteiger partial charge in [0.1, 0.15) is 0 Å². The molecule has 0 unspecified atom stereocenters. The molecule has 1 aromatic carbocycles. The SMILES string of the molecule is CC/C=C\c1ccccc1. The zero-order chi connectivity index (χ0) is 7.23. The molecule has 0 aromatic heterocycles. The average Bonchev–Trinajstić information content (AvgIpc) is 2.03. The smallest absolute Gasteiger partial charge is 0.0260 e. The van der Waals surface area contributed by atoms with Crippen LogP contribution in [0, 0.1) is 0 Å². The van der Waals surface area contributed by atoms with Gasteiger partial charge >= 0.3 is 0 Å². The Hall–Kier alpha value is -1.04. The Bertz CT molecular complexity index is 197. The summed E-state index contributed by atoms with van der Waals surface area (Å²) in [6.07, 6.45) is 5.41. The maximum absolute atomic E-state index is 2.16. The minimum absolute atomic E-state index is 1.11. The van der Waals surface area contributed by atoms with E-state index in [0.29, 0.717) is 0 Å². The molecule has 0 nitrogen and oxygen atoms in total.